The van der Waals surface area contributed by atoms with E-state index in [-0.39, 0.29) is 12.4 Å². The quantitative estimate of drug-likeness (QED) is 0.706. The summed E-state index contributed by atoms with van der Waals surface area (Å²) in [6.07, 6.45) is 1.23. The largest absolute Gasteiger partial charge is 1.00 e. The van der Waals surface area contributed by atoms with Crippen molar-refractivity contribution in [3.05, 3.63) is 35.9 Å². The Morgan fingerprint density at radius 1 is 0.800 bits per heavy atom. The number of nitrogens with zero attached hydrogens (tertiary/aromatic N) is 1. The van der Waals surface area contributed by atoms with E-state index in [4.69, 9.17) is 0 Å². The first-order valence-corrected chi connectivity index (χ1v) is 7.99. The lowest BCUT2D eigenvalue weighted by molar-refractivity contribution is -0.921. The van der Waals surface area contributed by atoms with Crippen LogP contribution in [-0.2, 0) is 0 Å². The lowest BCUT2D eigenvalue weighted by Gasteiger charge is -2.34. The number of hydrogen-bond acceptors (Lipinski definition) is 0. The fourth-order valence-electron chi connectivity index (χ4n) is 2.36. The molecule has 1 rings (SSSR count). The highest BCUT2D eigenvalue weighted by atomic mass is 35.5. The Morgan fingerprint density at radius 3 is 1.45 bits per heavy atom. The van der Waals surface area contributed by atoms with E-state index in [9.17, 15) is 0 Å². The summed E-state index contributed by atoms with van der Waals surface area (Å²) in [6, 6.07) is 10.6. The van der Waals surface area contributed by atoms with Crippen LogP contribution in [-0.4, -0.2) is 30.7 Å². The van der Waals surface area contributed by atoms with Crippen molar-refractivity contribution < 1.29 is 16.9 Å². The van der Waals surface area contributed by atoms with Gasteiger partial charge in [0, 0.05) is 0 Å². The highest BCUT2D eigenvalue weighted by Gasteiger charge is 2.16. The lowest BCUT2D eigenvalue weighted by atomic mass is 9.99. The van der Waals surface area contributed by atoms with Gasteiger partial charge in [0.15, 0.2) is 0 Å². The van der Waals surface area contributed by atoms with Crippen LogP contribution in [0.15, 0.2) is 30.3 Å². The molecule has 0 fully saturated rings. The SMILES string of the molecule is CCC(C)c1ccccc1.CC[N+](CC)(CC)CC.[Cl-]. The van der Waals surface area contributed by atoms with Crippen molar-refractivity contribution in [2.45, 2.75) is 53.9 Å². The van der Waals surface area contributed by atoms with E-state index in [1.807, 2.05) is 0 Å². The van der Waals surface area contributed by atoms with Crippen molar-refractivity contribution in [3.8, 4) is 0 Å². The topological polar surface area (TPSA) is 0 Å². The maximum absolute atomic E-state index is 2.27. The van der Waals surface area contributed by atoms with Crippen LogP contribution < -0.4 is 12.4 Å². The van der Waals surface area contributed by atoms with Gasteiger partial charge in [-0.25, -0.2) is 0 Å². The van der Waals surface area contributed by atoms with Crippen LogP contribution in [0.25, 0.3) is 0 Å². The standard InChI is InChI=1S/C10H14.C8H20N.ClH/c1-3-9(2)10-7-5-4-6-8-10;1-5-9(6-2,7-3)8-4;/h4-9H,3H2,1-2H3;5-8H2,1-4H3;1H/q;+1;/p-1. The summed E-state index contributed by atoms with van der Waals surface area (Å²) in [6.45, 7) is 18.7. The number of quaternary nitrogens is 1. The molecule has 1 unspecified atom stereocenters. The Labute approximate surface area is 133 Å². The molecule has 0 amide bonds. The van der Waals surface area contributed by atoms with Crippen LogP contribution in [0.1, 0.15) is 59.4 Å². The first kappa shape index (κ1) is 21.8. The predicted molar refractivity (Wildman–Crippen MR) is 87.6 cm³/mol. The molecule has 0 spiro atoms. The van der Waals surface area contributed by atoms with E-state index in [2.05, 4.69) is 71.9 Å². The summed E-state index contributed by atoms with van der Waals surface area (Å²) < 4.78 is 1.28. The van der Waals surface area contributed by atoms with Crippen molar-refractivity contribution in [2.24, 2.45) is 0 Å². The molecule has 118 valence electrons. The van der Waals surface area contributed by atoms with Gasteiger partial charge in [0.1, 0.15) is 0 Å². The molecule has 1 nitrogen and oxygen atoms in total. The zero-order chi connectivity index (χ0) is 14.7. The molecule has 2 heteroatoms. The highest BCUT2D eigenvalue weighted by Crippen LogP contribution is 2.16. The van der Waals surface area contributed by atoms with E-state index in [1.165, 1.54) is 42.6 Å². The van der Waals surface area contributed by atoms with Crippen molar-refractivity contribution in [1.82, 2.24) is 0 Å². The summed E-state index contributed by atoms with van der Waals surface area (Å²) in [7, 11) is 0. The van der Waals surface area contributed by atoms with E-state index < -0.39 is 0 Å². The average molecular weight is 300 g/mol. The zero-order valence-electron chi connectivity index (χ0n) is 14.3. The van der Waals surface area contributed by atoms with Crippen LogP contribution in [0.5, 0.6) is 0 Å². The van der Waals surface area contributed by atoms with Crippen molar-refractivity contribution in [3.63, 3.8) is 0 Å². The van der Waals surface area contributed by atoms with Gasteiger partial charge in [0.25, 0.3) is 0 Å². The summed E-state index contributed by atoms with van der Waals surface area (Å²) in [5.74, 6) is 0.709. The summed E-state index contributed by atoms with van der Waals surface area (Å²) in [5, 5.41) is 0. The minimum atomic E-state index is 0. The molecule has 0 aromatic heterocycles. The number of benzene rings is 1. The molecule has 0 bridgehead atoms. The van der Waals surface area contributed by atoms with Crippen molar-refractivity contribution in [1.29, 1.82) is 0 Å². The molecule has 0 radical (unpaired) electrons. The Kier molecular flexibility index (Phi) is 13.3. The average Bonchev–Trinajstić information content (AvgIpc) is 2.51. The molecule has 0 saturated heterocycles. The normalized spacial score (nSPS) is 11.9. The van der Waals surface area contributed by atoms with Crippen LogP contribution in [0.4, 0.5) is 0 Å². The van der Waals surface area contributed by atoms with Crippen LogP contribution in [0, 0.1) is 0 Å². The predicted octanol–water partition coefficient (Wildman–Crippen LogP) is 2.09. The van der Waals surface area contributed by atoms with Gasteiger partial charge in [0.05, 0.1) is 26.2 Å². The second-order valence-electron chi connectivity index (χ2n) is 5.33. The van der Waals surface area contributed by atoms with Gasteiger partial charge in [0.2, 0.25) is 0 Å². The van der Waals surface area contributed by atoms with E-state index in [0.717, 1.165) is 0 Å². The summed E-state index contributed by atoms with van der Waals surface area (Å²) in [4.78, 5) is 0. The van der Waals surface area contributed by atoms with E-state index in [0.29, 0.717) is 5.92 Å². The van der Waals surface area contributed by atoms with Gasteiger partial charge in [-0.05, 0) is 45.6 Å². The molecule has 0 N–H and O–H groups in total. The molecule has 0 saturated carbocycles. The minimum Gasteiger partial charge on any atom is -1.00 e. The minimum absolute atomic E-state index is 0. The Morgan fingerprint density at radius 2 is 1.20 bits per heavy atom. The Hall–Kier alpha value is -0.530. The molecule has 20 heavy (non-hydrogen) atoms. The summed E-state index contributed by atoms with van der Waals surface area (Å²) >= 11 is 0. The molecule has 0 heterocycles. The van der Waals surface area contributed by atoms with Crippen LogP contribution >= 0.6 is 0 Å². The van der Waals surface area contributed by atoms with Crippen LogP contribution in [0.2, 0.25) is 0 Å². The Balaban J connectivity index is 0. The van der Waals surface area contributed by atoms with Gasteiger partial charge < -0.3 is 16.9 Å². The van der Waals surface area contributed by atoms with Crippen molar-refractivity contribution in [2.75, 3.05) is 26.2 Å². The van der Waals surface area contributed by atoms with Gasteiger partial charge in [-0.2, -0.15) is 0 Å². The molecule has 1 aromatic carbocycles. The molecule has 1 aromatic rings. The zero-order valence-corrected chi connectivity index (χ0v) is 15.1. The first-order valence-electron chi connectivity index (χ1n) is 7.99. The fourth-order valence-corrected chi connectivity index (χ4v) is 2.36. The third-order valence-corrected chi connectivity index (χ3v) is 4.66. The molecule has 0 aliphatic heterocycles. The lowest BCUT2D eigenvalue weighted by Crippen LogP contribution is -3.00. The summed E-state index contributed by atoms with van der Waals surface area (Å²) in [5.41, 5.74) is 1.45. The highest BCUT2D eigenvalue weighted by molar-refractivity contribution is 5.18. The first-order chi connectivity index (χ1) is 9.09. The van der Waals surface area contributed by atoms with Gasteiger partial charge in [-0.15, -0.1) is 0 Å². The molecular formula is C18H34ClN. The molecule has 1 atom stereocenters. The number of halogens is 1. The number of hydrogen-bond donors (Lipinski definition) is 0. The smallest absolute Gasteiger partial charge is 0.0757 e. The Bertz CT molecular complexity index is 289. The molecular weight excluding hydrogens is 266 g/mol. The number of rotatable bonds is 6. The third kappa shape index (κ3) is 7.31. The van der Waals surface area contributed by atoms with Gasteiger partial charge >= 0.3 is 0 Å². The van der Waals surface area contributed by atoms with Crippen molar-refractivity contribution >= 4 is 0 Å². The second kappa shape index (κ2) is 12.2. The molecule has 0 aliphatic rings. The van der Waals surface area contributed by atoms with Crippen LogP contribution in [0.3, 0.4) is 0 Å². The maximum atomic E-state index is 2.27. The fraction of sp³-hybridized carbons (Fsp3) is 0.667. The maximum Gasteiger partial charge on any atom is 0.0757 e. The van der Waals surface area contributed by atoms with E-state index in [1.54, 1.807) is 0 Å². The molecule has 0 aliphatic carbocycles. The second-order valence-corrected chi connectivity index (χ2v) is 5.33. The van der Waals surface area contributed by atoms with Gasteiger partial charge in [-0.1, -0.05) is 44.2 Å². The van der Waals surface area contributed by atoms with E-state index >= 15 is 0 Å². The third-order valence-electron chi connectivity index (χ3n) is 4.66. The monoisotopic (exact) mass is 299 g/mol. The van der Waals surface area contributed by atoms with Gasteiger partial charge in [-0.3, -0.25) is 0 Å².